The van der Waals surface area contributed by atoms with Crippen LogP contribution in [0.3, 0.4) is 0 Å². The van der Waals surface area contributed by atoms with Gasteiger partial charge in [-0.2, -0.15) is 11.8 Å². The van der Waals surface area contributed by atoms with E-state index in [2.05, 4.69) is 6.92 Å². The van der Waals surface area contributed by atoms with Gasteiger partial charge in [0.1, 0.15) is 0 Å². The van der Waals surface area contributed by atoms with E-state index in [1.54, 1.807) is 0 Å². The average Bonchev–Trinajstić information content (AvgIpc) is 1.88. The van der Waals surface area contributed by atoms with Gasteiger partial charge in [0.2, 0.25) is 0 Å². The second-order valence-corrected chi connectivity index (χ2v) is 4.48. The highest BCUT2D eigenvalue weighted by Gasteiger charge is 2.19. The summed E-state index contributed by atoms with van der Waals surface area (Å²) in [5, 5.41) is 10.0. The number of rotatable bonds is 2. The van der Waals surface area contributed by atoms with Crippen molar-refractivity contribution in [2.75, 3.05) is 5.75 Å². The Bertz CT molecular complexity index is 93.3. The van der Waals surface area contributed by atoms with Gasteiger partial charge in [-0.1, -0.05) is 6.92 Å². The van der Waals surface area contributed by atoms with Crippen molar-refractivity contribution < 1.29 is 5.11 Å². The van der Waals surface area contributed by atoms with Crippen LogP contribution < -0.4 is 0 Å². The van der Waals surface area contributed by atoms with Crippen LogP contribution in [0.15, 0.2) is 0 Å². The van der Waals surface area contributed by atoms with E-state index in [0.29, 0.717) is 0 Å². The van der Waals surface area contributed by atoms with Crippen molar-refractivity contribution in [1.82, 2.24) is 0 Å². The molecule has 1 fully saturated rings. The first-order valence-electron chi connectivity index (χ1n) is 4.12. The molecule has 1 N–H and O–H groups in total. The maximum atomic E-state index is 9.29. The molecule has 0 bridgehead atoms. The van der Waals surface area contributed by atoms with Crippen molar-refractivity contribution in [2.24, 2.45) is 0 Å². The number of aliphatic hydroxyl groups excluding tert-OH is 1. The Morgan fingerprint density at radius 1 is 1.50 bits per heavy atom. The molecule has 0 heterocycles. The quantitative estimate of drug-likeness (QED) is 0.667. The predicted molar refractivity (Wildman–Crippen MR) is 46.4 cm³/mol. The van der Waals surface area contributed by atoms with Crippen LogP contribution in [0.25, 0.3) is 0 Å². The standard InChI is InChI=1S/C8H16OS/c1-2-10-8-5-3-4-7(9)6-8/h7-9H,2-6H2,1H3. The molecular formula is C8H16OS. The number of hydrogen-bond acceptors (Lipinski definition) is 2. The van der Waals surface area contributed by atoms with Gasteiger partial charge in [-0.25, -0.2) is 0 Å². The van der Waals surface area contributed by atoms with E-state index in [9.17, 15) is 5.11 Å². The molecule has 2 heteroatoms. The van der Waals surface area contributed by atoms with E-state index < -0.39 is 0 Å². The van der Waals surface area contributed by atoms with Crippen LogP contribution >= 0.6 is 11.8 Å². The normalized spacial score (nSPS) is 34.2. The van der Waals surface area contributed by atoms with Gasteiger partial charge in [-0.05, 0) is 31.4 Å². The Labute approximate surface area is 67.2 Å². The zero-order valence-electron chi connectivity index (χ0n) is 6.55. The Kier molecular flexibility index (Phi) is 3.57. The zero-order chi connectivity index (χ0) is 7.40. The molecule has 0 amide bonds. The van der Waals surface area contributed by atoms with Gasteiger partial charge in [0.15, 0.2) is 0 Å². The first kappa shape index (κ1) is 8.41. The lowest BCUT2D eigenvalue weighted by molar-refractivity contribution is 0.133. The fourth-order valence-electron chi connectivity index (χ4n) is 1.51. The molecule has 1 saturated carbocycles. The van der Waals surface area contributed by atoms with Crippen molar-refractivity contribution in [3.63, 3.8) is 0 Å². The molecule has 1 aliphatic carbocycles. The maximum absolute atomic E-state index is 9.29. The van der Waals surface area contributed by atoms with E-state index >= 15 is 0 Å². The molecule has 60 valence electrons. The summed E-state index contributed by atoms with van der Waals surface area (Å²) in [6.07, 6.45) is 4.59. The van der Waals surface area contributed by atoms with Crippen LogP contribution in [0.1, 0.15) is 32.6 Å². The molecular weight excluding hydrogens is 144 g/mol. The molecule has 10 heavy (non-hydrogen) atoms. The number of hydrogen-bond donors (Lipinski definition) is 1. The highest BCUT2D eigenvalue weighted by molar-refractivity contribution is 7.99. The summed E-state index contributed by atoms with van der Waals surface area (Å²) >= 11 is 2.00. The minimum Gasteiger partial charge on any atom is -0.393 e. The van der Waals surface area contributed by atoms with Crippen molar-refractivity contribution >= 4 is 11.8 Å². The molecule has 0 aliphatic heterocycles. The van der Waals surface area contributed by atoms with Gasteiger partial charge in [0.05, 0.1) is 6.10 Å². The summed E-state index contributed by atoms with van der Waals surface area (Å²) in [5.74, 6) is 1.19. The fraction of sp³-hybridized carbons (Fsp3) is 1.00. The van der Waals surface area contributed by atoms with Crippen LogP contribution in [0, 0.1) is 0 Å². The molecule has 2 atom stereocenters. The Balaban J connectivity index is 2.18. The summed E-state index contributed by atoms with van der Waals surface area (Å²) in [7, 11) is 0. The second kappa shape index (κ2) is 4.24. The zero-order valence-corrected chi connectivity index (χ0v) is 7.36. The molecule has 1 aliphatic rings. The molecule has 0 radical (unpaired) electrons. The first-order chi connectivity index (χ1) is 4.83. The van der Waals surface area contributed by atoms with Crippen molar-refractivity contribution in [2.45, 2.75) is 44.0 Å². The van der Waals surface area contributed by atoms with Crippen LogP contribution in [-0.4, -0.2) is 22.2 Å². The van der Waals surface area contributed by atoms with E-state index in [-0.39, 0.29) is 6.10 Å². The van der Waals surface area contributed by atoms with Gasteiger partial charge < -0.3 is 5.11 Å². The van der Waals surface area contributed by atoms with Crippen LogP contribution in [-0.2, 0) is 0 Å². The molecule has 1 nitrogen and oxygen atoms in total. The molecule has 0 aromatic carbocycles. The summed E-state index contributed by atoms with van der Waals surface area (Å²) in [6.45, 7) is 2.19. The lowest BCUT2D eigenvalue weighted by Crippen LogP contribution is -2.21. The third-order valence-corrected chi connectivity index (χ3v) is 3.23. The monoisotopic (exact) mass is 160 g/mol. The molecule has 0 spiro atoms. The Hall–Kier alpha value is 0.310. The summed E-state index contributed by atoms with van der Waals surface area (Å²) < 4.78 is 0. The van der Waals surface area contributed by atoms with Crippen molar-refractivity contribution in [3.05, 3.63) is 0 Å². The molecule has 0 aromatic heterocycles. The first-order valence-corrected chi connectivity index (χ1v) is 5.17. The topological polar surface area (TPSA) is 20.2 Å². The number of thioether (sulfide) groups is 1. The van der Waals surface area contributed by atoms with E-state index in [0.717, 1.165) is 18.1 Å². The lowest BCUT2D eigenvalue weighted by Gasteiger charge is -2.24. The second-order valence-electron chi connectivity index (χ2n) is 2.90. The third-order valence-electron chi connectivity index (χ3n) is 2.00. The Morgan fingerprint density at radius 2 is 2.30 bits per heavy atom. The van der Waals surface area contributed by atoms with Crippen LogP contribution in [0.5, 0.6) is 0 Å². The van der Waals surface area contributed by atoms with Crippen molar-refractivity contribution in [1.29, 1.82) is 0 Å². The van der Waals surface area contributed by atoms with Gasteiger partial charge in [-0.3, -0.25) is 0 Å². The SMILES string of the molecule is CCSC1CCCC(O)C1. The van der Waals surface area contributed by atoms with Gasteiger partial charge in [0, 0.05) is 5.25 Å². The van der Waals surface area contributed by atoms with Gasteiger partial charge in [0.25, 0.3) is 0 Å². The highest BCUT2D eigenvalue weighted by atomic mass is 32.2. The van der Waals surface area contributed by atoms with Crippen molar-refractivity contribution in [3.8, 4) is 0 Å². The highest BCUT2D eigenvalue weighted by Crippen LogP contribution is 2.27. The molecule has 2 unspecified atom stereocenters. The predicted octanol–water partition coefficient (Wildman–Crippen LogP) is 2.04. The molecule has 0 aromatic rings. The summed E-state index contributed by atoms with van der Waals surface area (Å²) in [5.41, 5.74) is 0. The van der Waals surface area contributed by atoms with Crippen LogP contribution in [0.2, 0.25) is 0 Å². The van der Waals surface area contributed by atoms with E-state index in [1.807, 2.05) is 11.8 Å². The average molecular weight is 160 g/mol. The van der Waals surface area contributed by atoms with E-state index in [4.69, 9.17) is 0 Å². The smallest absolute Gasteiger partial charge is 0.0550 e. The largest absolute Gasteiger partial charge is 0.393 e. The van der Waals surface area contributed by atoms with E-state index in [1.165, 1.54) is 18.6 Å². The number of aliphatic hydroxyl groups is 1. The minimum absolute atomic E-state index is 0.00204. The molecule has 1 rings (SSSR count). The maximum Gasteiger partial charge on any atom is 0.0550 e. The Morgan fingerprint density at radius 3 is 2.90 bits per heavy atom. The fourth-order valence-corrected chi connectivity index (χ4v) is 2.67. The summed E-state index contributed by atoms with van der Waals surface area (Å²) in [4.78, 5) is 0. The summed E-state index contributed by atoms with van der Waals surface area (Å²) in [6, 6.07) is 0. The lowest BCUT2D eigenvalue weighted by atomic mass is 9.97. The third kappa shape index (κ3) is 2.51. The minimum atomic E-state index is -0.00204. The molecule has 0 saturated heterocycles. The van der Waals surface area contributed by atoms with Gasteiger partial charge in [-0.15, -0.1) is 0 Å². The van der Waals surface area contributed by atoms with Gasteiger partial charge >= 0.3 is 0 Å². The van der Waals surface area contributed by atoms with Crippen LogP contribution in [0.4, 0.5) is 0 Å².